The van der Waals surface area contributed by atoms with Gasteiger partial charge in [-0.15, -0.1) is 0 Å². The van der Waals surface area contributed by atoms with E-state index in [4.69, 9.17) is 40.7 Å². The smallest absolute Gasteiger partial charge is 0.461 e. The molecule has 0 unspecified atom stereocenters. The minimum atomic E-state index is -5.30. The SMILES string of the molecule is NCCc1ccc(O[C@@H]2O[C@H](COC(=O)c3ccccc3N)[C@@H](O)[C@H](OP(=O)(O)O)[C@H]2OC(=O)c2ccccc2N)cc1. The number of ether oxygens (including phenoxy) is 4. The lowest BCUT2D eigenvalue weighted by atomic mass is 9.98. The maximum Gasteiger partial charge on any atom is 0.470 e. The monoisotopic (exact) mass is 617 g/mol. The van der Waals surface area contributed by atoms with Crippen LogP contribution in [-0.4, -0.2) is 70.7 Å². The average Bonchev–Trinajstić information content (AvgIpc) is 2.96. The number of esters is 2. The van der Waals surface area contributed by atoms with Crippen molar-refractivity contribution in [2.24, 2.45) is 5.73 Å². The number of carbonyl (C=O) groups excluding carboxylic acids is 2. The third-order valence-corrected chi connectivity index (χ3v) is 6.99. The summed E-state index contributed by atoms with van der Waals surface area (Å²) >= 11 is 0. The lowest BCUT2D eigenvalue weighted by Gasteiger charge is -2.43. The van der Waals surface area contributed by atoms with E-state index >= 15 is 0 Å². The highest BCUT2D eigenvalue weighted by atomic mass is 31.2. The zero-order valence-corrected chi connectivity index (χ0v) is 23.6. The zero-order valence-electron chi connectivity index (χ0n) is 22.7. The molecule has 0 amide bonds. The number of rotatable bonds is 11. The minimum absolute atomic E-state index is 0.0495. The summed E-state index contributed by atoms with van der Waals surface area (Å²) in [5.41, 5.74) is 18.5. The second-order valence-electron chi connectivity index (χ2n) is 9.54. The Balaban J connectivity index is 1.65. The Labute approximate surface area is 246 Å². The predicted molar refractivity (Wildman–Crippen MR) is 153 cm³/mol. The Hall–Kier alpha value is -4.01. The molecular formula is C28H32N3O11P. The summed E-state index contributed by atoms with van der Waals surface area (Å²) in [6, 6.07) is 18.7. The van der Waals surface area contributed by atoms with Gasteiger partial charge in [-0.25, -0.2) is 14.2 Å². The number of nitrogens with two attached hydrogens (primary N) is 3. The topological polar surface area (TPSA) is 236 Å². The molecule has 0 aliphatic carbocycles. The molecule has 43 heavy (non-hydrogen) atoms. The maximum atomic E-state index is 13.1. The summed E-state index contributed by atoms with van der Waals surface area (Å²) in [5, 5.41) is 11.1. The highest BCUT2D eigenvalue weighted by molar-refractivity contribution is 7.46. The number of aliphatic hydroxyl groups excluding tert-OH is 1. The molecule has 5 atom stereocenters. The first-order valence-corrected chi connectivity index (χ1v) is 14.6. The molecule has 0 spiro atoms. The van der Waals surface area contributed by atoms with Gasteiger partial charge >= 0.3 is 19.8 Å². The quantitative estimate of drug-likeness (QED) is 0.101. The van der Waals surface area contributed by atoms with Crippen molar-refractivity contribution in [1.82, 2.24) is 0 Å². The number of carbonyl (C=O) groups is 2. The third kappa shape index (κ3) is 8.30. The first-order chi connectivity index (χ1) is 20.5. The highest BCUT2D eigenvalue weighted by Gasteiger charge is 2.52. The van der Waals surface area contributed by atoms with Crippen LogP contribution in [-0.2, 0) is 29.7 Å². The molecular weight excluding hydrogens is 585 g/mol. The van der Waals surface area contributed by atoms with Crippen molar-refractivity contribution in [3.05, 3.63) is 89.5 Å². The van der Waals surface area contributed by atoms with Gasteiger partial charge in [-0.3, -0.25) is 4.52 Å². The van der Waals surface area contributed by atoms with Gasteiger partial charge in [0.05, 0.1) is 11.1 Å². The molecule has 4 rings (SSSR count). The van der Waals surface area contributed by atoms with Crippen LogP contribution in [0.4, 0.5) is 11.4 Å². The van der Waals surface area contributed by atoms with E-state index in [1.807, 2.05) is 0 Å². The van der Waals surface area contributed by atoms with Crippen molar-refractivity contribution in [3.8, 4) is 5.75 Å². The van der Waals surface area contributed by atoms with Crippen LogP contribution in [0.1, 0.15) is 26.3 Å². The first kappa shape index (κ1) is 31.9. The van der Waals surface area contributed by atoms with Gasteiger partial charge in [0.2, 0.25) is 6.29 Å². The molecule has 1 aliphatic heterocycles. The molecule has 0 saturated carbocycles. The van der Waals surface area contributed by atoms with Crippen molar-refractivity contribution in [2.75, 3.05) is 24.6 Å². The van der Waals surface area contributed by atoms with Crippen LogP contribution >= 0.6 is 7.82 Å². The summed E-state index contributed by atoms with van der Waals surface area (Å²) in [4.78, 5) is 45.1. The lowest BCUT2D eigenvalue weighted by Crippen LogP contribution is -2.62. The van der Waals surface area contributed by atoms with Gasteiger partial charge in [0.25, 0.3) is 0 Å². The number of anilines is 2. The van der Waals surface area contributed by atoms with Crippen LogP contribution in [0.25, 0.3) is 0 Å². The van der Waals surface area contributed by atoms with E-state index < -0.39 is 57.1 Å². The number of phosphoric ester groups is 1. The van der Waals surface area contributed by atoms with Crippen molar-refractivity contribution in [3.63, 3.8) is 0 Å². The second kappa shape index (κ2) is 14.0. The molecule has 3 aromatic carbocycles. The highest BCUT2D eigenvalue weighted by Crippen LogP contribution is 2.42. The van der Waals surface area contributed by atoms with Gasteiger partial charge in [-0.1, -0.05) is 36.4 Å². The van der Waals surface area contributed by atoms with Crippen molar-refractivity contribution in [1.29, 1.82) is 0 Å². The molecule has 0 bridgehead atoms. The van der Waals surface area contributed by atoms with Crippen LogP contribution in [0.2, 0.25) is 0 Å². The fourth-order valence-corrected chi connectivity index (χ4v) is 4.91. The molecule has 1 saturated heterocycles. The van der Waals surface area contributed by atoms with E-state index in [1.165, 1.54) is 30.3 Å². The Morgan fingerprint density at radius 2 is 1.44 bits per heavy atom. The molecule has 1 aliphatic rings. The van der Waals surface area contributed by atoms with Gasteiger partial charge in [0, 0.05) is 11.4 Å². The summed E-state index contributed by atoms with van der Waals surface area (Å²) in [6.45, 7) is -0.197. The molecule has 0 aromatic heterocycles. The fraction of sp³-hybridized carbons (Fsp3) is 0.286. The van der Waals surface area contributed by atoms with E-state index in [2.05, 4.69) is 0 Å². The maximum absolute atomic E-state index is 13.1. The van der Waals surface area contributed by atoms with Gasteiger partial charge in [-0.2, -0.15) is 0 Å². The molecule has 15 heteroatoms. The molecule has 1 heterocycles. The van der Waals surface area contributed by atoms with E-state index in [9.17, 15) is 29.0 Å². The zero-order chi connectivity index (χ0) is 31.1. The minimum Gasteiger partial charge on any atom is -0.461 e. The fourth-order valence-electron chi connectivity index (χ4n) is 4.35. The van der Waals surface area contributed by atoms with Gasteiger partial charge in [0.1, 0.15) is 30.7 Å². The summed E-state index contributed by atoms with van der Waals surface area (Å²) in [6.07, 6.45) is -8.00. The number of benzene rings is 3. The van der Waals surface area contributed by atoms with Crippen LogP contribution < -0.4 is 21.9 Å². The predicted octanol–water partition coefficient (Wildman–Crippen LogP) is 1.38. The van der Waals surface area contributed by atoms with Crippen molar-refractivity contribution >= 4 is 31.1 Å². The second-order valence-corrected chi connectivity index (χ2v) is 10.7. The Morgan fingerprint density at radius 3 is 2.00 bits per heavy atom. The molecule has 1 fully saturated rings. The molecule has 0 radical (unpaired) electrons. The molecule has 9 N–H and O–H groups in total. The molecule has 3 aromatic rings. The van der Waals surface area contributed by atoms with E-state index in [0.717, 1.165) is 5.56 Å². The molecule has 14 nitrogen and oxygen atoms in total. The average molecular weight is 618 g/mol. The summed E-state index contributed by atoms with van der Waals surface area (Å²) in [5.74, 6) is -1.64. The number of aliphatic hydroxyl groups is 1. The van der Waals surface area contributed by atoms with E-state index in [1.54, 1.807) is 42.5 Å². The Morgan fingerprint density at radius 1 is 0.860 bits per heavy atom. The number of para-hydroxylation sites is 2. The normalized spacial score (nSPS) is 22.0. The van der Waals surface area contributed by atoms with Crippen LogP contribution in [0.5, 0.6) is 5.75 Å². The first-order valence-electron chi connectivity index (χ1n) is 13.1. The number of hydrogen-bond acceptors (Lipinski definition) is 12. The third-order valence-electron chi connectivity index (χ3n) is 6.47. The van der Waals surface area contributed by atoms with Gasteiger partial charge in [0.15, 0.2) is 6.10 Å². The Bertz CT molecular complexity index is 1470. The van der Waals surface area contributed by atoms with Gasteiger partial charge < -0.3 is 51.0 Å². The van der Waals surface area contributed by atoms with Crippen molar-refractivity contribution < 1.29 is 52.5 Å². The van der Waals surface area contributed by atoms with Crippen LogP contribution in [0, 0.1) is 0 Å². The number of nitrogen functional groups attached to an aromatic ring is 2. The van der Waals surface area contributed by atoms with Crippen LogP contribution in [0.15, 0.2) is 72.8 Å². The van der Waals surface area contributed by atoms with E-state index in [-0.39, 0.29) is 28.3 Å². The summed E-state index contributed by atoms with van der Waals surface area (Å²) in [7, 11) is -5.30. The lowest BCUT2D eigenvalue weighted by molar-refractivity contribution is -0.273. The van der Waals surface area contributed by atoms with Crippen molar-refractivity contribution in [2.45, 2.75) is 37.1 Å². The summed E-state index contributed by atoms with van der Waals surface area (Å²) < 4.78 is 39.5. The Kier molecular flexibility index (Phi) is 10.4. The molecule has 230 valence electrons. The van der Waals surface area contributed by atoms with E-state index in [0.29, 0.717) is 13.0 Å². The van der Waals surface area contributed by atoms with Gasteiger partial charge in [-0.05, 0) is 54.9 Å². The number of hydrogen-bond donors (Lipinski definition) is 6. The standard InChI is InChI=1S/C28H32N3O11P/c29-14-13-16-9-11-17(12-10-16)39-28-25(41-27(34)19-6-2-4-8-21(19)31)24(42-43(35,36)37)23(32)22(40-28)15-38-26(33)18-5-1-3-7-20(18)30/h1-12,22-25,28,32H,13-15,29-31H2,(H2,35,36,37)/t22-,23-,24+,25-,28-/m1/s1. The van der Waals surface area contributed by atoms with Crippen LogP contribution in [0.3, 0.4) is 0 Å². The number of phosphoric acid groups is 1. The largest absolute Gasteiger partial charge is 0.470 e.